The largest absolute Gasteiger partial charge is 0.490 e. The number of nitro benzene ring substituents is 1. The van der Waals surface area contributed by atoms with Crippen LogP contribution < -0.4 is 15.0 Å². The van der Waals surface area contributed by atoms with Crippen LogP contribution in [0.25, 0.3) is 0 Å². The zero-order valence-electron chi connectivity index (χ0n) is 18.1. The van der Waals surface area contributed by atoms with Gasteiger partial charge in [-0.2, -0.15) is 0 Å². The molecule has 1 N–H and O–H groups in total. The monoisotopic (exact) mass is 472 g/mol. The van der Waals surface area contributed by atoms with E-state index in [2.05, 4.69) is 15.1 Å². The lowest BCUT2D eigenvalue weighted by Crippen LogP contribution is -2.39. The first-order chi connectivity index (χ1) is 14.1. The van der Waals surface area contributed by atoms with Crippen LogP contribution in [0.2, 0.25) is 0 Å². The minimum absolute atomic E-state index is 0. The molecular weight excluding hydrogens is 439 g/mol. The fourth-order valence-electron chi connectivity index (χ4n) is 5.70. The Morgan fingerprint density at radius 1 is 1.10 bits per heavy atom. The molecular formula is C22H34Cl2N4O3. The Morgan fingerprint density at radius 2 is 1.74 bits per heavy atom. The van der Waals surface area contributed by atoms with Crippen LogP contribution in [0.15, 0.2) is 12.1 Å². The number of nitrogens with zero attached hydrogens (tertiary/aromatic N) is 3. The zero-order valence-corrected chi connectivity index (χ0v) is 19.8. The molecule has 31 heavy (non-hydrogen) atoms. The summed E-state index contributed by atoms with van der Waals surface area (Å²) in [5.41, 5.74) is 2.41. The number of anilines is 1. The lowest BCUT2D eigenvalue weighted by Gasteiger charge is -2.36. The number of halogens is 2. The zero-order chi connectivity index (χ0) is 20.0. The van der Waals surface area contributed by atoms with Crippen molar-refractivity contribution in [2.45, 2.75) is 31.6 Å². The molecule has 4 aliphatic rings. The summed E-state index contributed by atoms with van der Waals surface area (Å²) in [5, 5.41) is 15.0. The van der Waals surface area contributed by atoms with Crippen LogP contribution in [0.4, 0.5) is 11.4 Å². The van der Waals surface area contributed by atoms with Gasteiger partial charge in [-0.1, -0.05) is 0 Å². The predicted octanol–water partition coefficient (Wildman–Crippen LogP) is 3.69. The van der Waals surface area contributed by atoms with Crippen molar-refractivity contribution in [1.82, 2.24) is 10.2 Å². The van der Waals surface area contributed by atoms with Crippen molar-refractivity contribution < 1.29 is 9.66 Å². The van der Waals surface area contributed by atoms with Gasteiger partial charge in [0.15, 0.2) is 5.75 Å². The number of methoxy groups -OCH3 is 1. The van der Waals surface area contributed by atoms with E-state index in [-0.39, 0.29) is 35.4 Å². The molecule has 174 valence electrons. The maximum Gasteiger partial charge on any atom is 0.311 e. The van der Waals surface area contributed by atoms with Crippen molar-refractivity contribution in [3.8, 4) is 5.75 Å². The summed E-state index contributed by atoms with van der Waals surface area (Å²) in [6.07, 6.45) is 4.68. The van der Waals surface area contributed by atoms with Crippen molar-refractivity contribution in [1.29, 1.82) is 0 Å². The Kier molecular flexibility index (Phi) is 7.95. The smallest absolute Gasteiger partial charge is 0.311 e. The van der Waals surface area contributed by atoms with Crippen LogP contribution in [0.3, 0.4) is 0 Å². The van der Waals surface area contributed by atoms with Crippen molar-refractivity contribution in [2.24, 2.45) is 17.8 Å². The number of rotatable bonds is 6. The third-order valence-corrected chi connectivity index (χ3v) is 7.48. The van der Waals surface area contributed by atoms with E-state index < -0.39 is 0 Å². The highest BCUT2D eigenvalue weighted by Crippen LogP contribution is 2.48. The lowest BCUT2D eigenvalue weighted by molar-refractivity contribution is -0.385. The molecule has 5 rings (SSSR count). The number of fused-ring (bicyclic) bond motifs is 1. The molecule has 1 aromatic rings. The fraction of sp³-hybridized carbons (Fsp3) is 0.727. The molecule has 0 bridgehead atoms. The van der Waals surface area contributed by atoms with E-state index in [1.807, 2.05) is 6.07 Å². The average Bonchev–Trinajstić information content (AvgIpc) is 3.37. The topological polar surface area (TPSA) is 70.9 Å². The van der Waals surface area contributed by atoms with Gasteiger partial charge in [0.05, 0.1) is 12.0 Å². The summed E-state index contributed by atoms with van der Waals surface area (Å²) in [4.78, 5) is 16.3. The number of ether oxygens (including phenoxy) is 1. The van der Waals surface area contributed by atoms with Gasteiger partial charge < -0.3 is 19.9 Å². The number of nitrogens with one attached hydrogen (secondary N) is 1. The van der Waals surface area contributed by atoms with E-state index >= 15 is 0 Å². The predicted molar refractivity (Wildman–Crippen MR) is 127 cm³/mol. The van der Waals surface area contributed by atoms with Crippen LogP contribution in [-0.2, 0) is 0 Å². The van der Waals surface area contributed by atoms with Crippen LogP contribution in [0, 0.1) is 27.9 Å². The highest BCUT2D eigenvalue weighted by Gasteiger charge is 2.37. The summed E-state index contributed by atoms with van der Waals surface area (Å²) in [5.74, 6) is 3.36. The second kappa shape index (κ2) is 10.1. The van der Waals surface area contributed by atoms with Gasteiger partial charge >= 0.3 is 5.69 Å². The Labute approximate surface area is 196 Å². The SMILES string of the molecule is COc1cc(N2CCC(CN3CC4CNCC4C3)CC2)c(C2CC2)cc1[N+](=O)[O-].Cl.Cl. The first-order valence-electron chi connectivity index (χ1n) is 11.2. The molecule has 2 atom stereocenters. The standard InChI is InChI=1S/C22H32N4O3.2ClH/c1-29-22-9-20(19(16-2-3-16)8-21(22)26(27)28)25-6-4-15(5-7-25)12-24-13-17-10-23-11-18(17)14-24;;/h8-9,15-18,23H,2-7,10-14H2,1H3;2*1H. The maximum absolute atomic E-state index is 11.4. The lowest BCUT2D eigenvalue weighted by atomic mass is 9.94. The summed E-state index contributed by atoms with van der Waals surface area (Å²) in [6, 6.07) is 3.69. The quantitative estimate of drug-likeness (QED) is 0.502. The summed E-state index contributed by atoms with van der Waals surface area (Å²) >= 11 is 0. The van der Waals surface area contributed by atoms with Crippen molar-refractivity contribution in [2.75, 3.05) is 57.8 Å². The number of hydrogen-bond donors (Lipinski definition) is 1. The number of likely N-dealkylation sites (tertiary alicyclic amines) is 1. The fourth-order valence-corrected chi connectivity index (χ4v) is 5.70. The van der Waals surface area contributed by atoms with Gasteiger partial charge in [0.1, 0.15) is 0 Å². The van der Waals surface area contributed by atoms with Crippen LogP contribution >= 0.6 is 24.8 Å². The van der Waals surface area contributed by atoms with E-state index in [1.165, 1.54) is 52.7 Å². The molecule has 1 aliphatic carbocycles. The minimum Gasteiger partial charge on any atom is -0.490 e. The molecule has 7 nitrogen and oxygen atoms in total. The van der Waals surface area contributed by atoms with E-state index in [4.69, 9.17) is 4.74 Å². The van der Waals surface area contributed by atoms with Crippen molar-refractivity contribution in [3.63, 3.8) is 0 Å². The summed E-state index contributed by atoms with van der Waals surface area (Å²) in [7, 11) is 1.52. The summed E-state index contributed by atoms with van der Waals surface area (Å²) in [6.45, 7) is 8.24. The molecule has 0 radical (unpaired) electrons. The van der Waals surface area contributed by atoms with E-state index in [1.54, 1.807) is 6.07 Å². The van der Waals surface area contributed by atoms with Crippen molar-refractivity contribution >= 4 is 36.2 Å². The van der Waals surface area contributed by atoms with Crippen LogP contribution in [-0.4, -0.2) is 62.7 Å². The average molecular weight is 473 g/mol. The van der Waals surface area contributed by atoms with Gasteiger partial charge in [-0.3, -0.25) is 10.1 Å². The van der Waals surface area contributed by atoms with Gasteiger partial charge in [0, 0.05) is 50.5 Å². The molecule has 1 aromatic carbocycles. The summed E-state index contributed by atoms with van der Waals surface area (Å²) < 4.78 is 5.36. The highest BCUT2D eigenvalue weighted by molar-refractivity contribution is 5.85. The van der Waals surface area contributed by atoms with Crippen LogP contribution in [0.5, 0.6) is 5.75 Å². The Morgan fingerprint density at radius 3 is 2.29 bits per heavy atom. The van der Waals surface area contributed by atoms with E-state index in [9.17, 15) is 10.1 Å². The van der Waals surface area contributed by atoms with Gasteiger partial charge in [-0.05, 0) is 68.0 Å². The van der Waals surface area contributed by atoms with Gasteiger partial charge in [0.2, 0.25) is 0 Å². The van der Waals surface area contributed by atoms with E-state index in [0.29, 0.717) is 11.7 Å². The normalized spacial score (nSPS) is 26.2. The number of benzene rings is 1. The molecule has 0 spiro atoms. The van der Waals surface area contributed by atoms with E-state index in [0.717, 1.165) is 54.9 Å². The molecule has 4 fully saturated rings. The second-order valence-electron chi connectivity index (χ2n) is 9.44. The third kappa shape index (κ3) is 5.05. The molecule has 0 amide bonds. The molecule has 0 aromatic heterocycles. The Hall–Kier alpha value is -1.28. The van der Waals surface area contributed by atoms with Crippen LogP contribution in [0.1, 0.15) is 37.2 Å². The minimum atomic E-state index is -0.318. The molecule has 1 saturated carbocycles. The van der Waals surface area contributed by atoms with Gasteiger partial charge in [-0.15, -0.1) is 24.8 Å². The first-order valence-corrected chi connectivity index (χ1v) is 11.2. The third-order valence-electron chi connectivity index (χ3n) is 7.48. The number of nitro groups is 1. The molecule has 9 heteroatoms. The molecule has 3 aliphatic heterocycles. The highest BCUT2D eigenvalue weighted by atomic mass is 35.5. The first kappa shape index (κ1) is 24.4. The molecule has 3 heterocycles. The second-order valence-corrected chi connectivity index (χ2v) is 9.44. The van der Waals surface area contributed by atoms with Gasteiger partial charge in [0.25, 0.3) is 0 Å². The Balaban J connectivity index is 0.00000136. The molecule has 2 unspecified atom stereocenters. The van der Waals surface area contributed by atoms with Crippen molar-refractivity contribution in [3.05, 3.63) is 27.8 Å². The maximum atomic E-state index is 11.4. The number of hydrogen-bond acceptors (Lipinski definition) is 6. The number of piperidine rings is 1. The van der Waals surface area contributed by atoms with Gasteiger partial charge in [-0.25, -0.2) is 0 Å². The molecule has 3 saturated heterocycles. The Bertz CT molecular complexity index is 772.